The normalized spacial score (nSPS) is 22.0. The fourth-order valence-corrected chi connectivity index (χ4v) is 4.96. The summed E-state index contributed by atoms with van der Waals surface area (Å²) in [6.07, 6.45) is 6.45. The van der Waals surface area contributed by atoms with Gasteiger partial charge >= 0.3 is 5.69 Å². The fraction of sp³-hybridized carbons (Fsp3) is 0.583. The lowest BCUT2D eigenvalue weighted by atomic mass is 9.90. The molecule has 3 aliphatic rings. The van der Waals surface area contributed by atoms with Gasteiger partial charge in [-0.1, -0.05) is 31.0 Å². The van der Waals surface area contributed by atoms with E-state index in [0.717, 1.165) is 56.2 Å². The molecule has 7 heteroatoms. The quantitative estimate of drug-likeness (QED) is 0.764. The lowest BCUT2D eigenvalue weighted by Crippen LogP contribution is -2.34. The first-order valence-electron chi connectivity index (χ1n) is 11.4. The first-order chi connectivity index (χ1) is 15.1. The summed E-state index contributed by atoms with van der Waals surface area (Å²) in [5.74, 6) is 0.325. The van der Waals surface area contributed by atoms with Crippen LogP contribution >= 0.6 is 0 Å². The minimum absolute atomic E-state index is 0.140. The summed E-state index contributed by atoms with van der Waals surface area (Å²) in [6, 6.07) is 8.29. The Balaban J connectivity index is 1.33. The SMILES string of the molecule is O=c1nc(OC[C@@H]2COCCO2)cc2n1CCc1cc(CCC3(O)CCCC3)ccc1-2. The van der Waals surface area contributed by atoms with Crippen LogP contribution in [0.1, 0.15) is 43.2 Å². The van der Waals surface area contributed by atoms with Crippen molar-refractivity contribution in [2.45, 2.75) is 63.2 Å². The Labute approximate surface area is 182 Å². The van der Waals surface area contributed by atoms with Crippen LogP contribution in [0.5, 0.6) is 5.88 Å². The zero-order valence-electron chi connectivity index (χ0n) is 17.8. The number of aryl methyl sites for hydroxylation is 2. The second kappa shape index (κ2) is 8.73. The second-order valence-electron chi connectivity index (χ2n) is 8.97. The molecule has 1 saturated heterocycles. The van der Waals surface area contributed by atoms with Gasteiger partial charge in [0, 0.05) is 18.2 Å². The van der Waals surface area contributed by atoms with Gasteiger partial charge in [0.05, 0.1) is 31.1 Å². The average Bonchev–Trinajstić information content (AvgIpc) is 3.23. The van der Waals surface area contributed by atoms with Gasteiger partial charge in [0.2, 0.25) is 5.88 Å². The predicted molar refractivity (Wildman–Crippen MR) is 115 cm³/mol. The maximum absolute atomic E-state index is 12.6. The van der Waals surface area contributed by atoms with Crippen molar-refractivity contribution in [1.29, 1.82) is 0 Å². The van der Waals surface area contributed by atoms with Gasteiger partial charge in [0.1, 0.15) is 12.7 Å². The molecule has 1 atom stereocenters. The standard InChI is InChI=1S/C24H30N2O5/c27-23-25-22(31-16-19-15-29-11-12-30-19)14-21-20-4-3-17(13-18(20)6-10-26(21)23)5-9-24(28)7-1-2-8-24/h3-4,13-14,19,28H,1-2,5-12,15-16H2/t19-/m0/s1. The first kappa shape index (κ1) is 20.7. The average molecular weight is 427 g/mol. The van der Waals surface area contributed by atoms with Gasteiger partial charge in [-0.2, -0.15) is 4.98 Å². The van der Waals surface area contributed by atoms with Crippen LogP contribution in [0.15, 0.2) is 29.1 Å². The maximum Gasteiger partial charge on any atom is 0.351 e. The Kier molecular flexibility index (Phi) is 5.82. The van der Waals surface area contributed by atoms with Crippen LogP contribution in [0.3, 0.4) is 0 Å². The van der Waals surface area contributed by atoms with E-state index in [9.17, 15) is 9.90 Å². The van der Waals surface area contributed by atoms with Crippen LogP contribution in [-0.2, 0) is 28.9 Å². The maximum atomic E-state index is 12.6. The highest BCUT2D eigenvalue weighted by Crippen LogP contribution is 2.35. The molecule has 1 saturated carbocycles. The van der Waals surface area contributed by atoms with Gasteiger partial charge in [-0.25, -0.2) is 4.79 Å². The summed E-state index contributed by atoms with van der Waals surface area (Å²) >= 11 is 0. The number of benzene rings is 1. The number of nitrogens with zero attached hydrogens (tertiary/aromatic N) is 2. The summed E-state index contributed by atoms with van der Waals surface area (Å²) in [5, 5.41) is 10.7. The van der Waals surface area contributed by atoms with Gasteiger partial charge in [0.25, 0.3) is 0 Å². The molecule has 1 N–H and O–H groups in total. The van der Waals surface area contributed by atoms with E-state index in [1.165, 1.54) is 11.1 Å². The largest absolute Gasteiger partial charge is 0.475 e. The zero-order chi connectivity index (χ0) is 21.3. The van der Waals surface area contributed by atoms with E-state index in [0.29, 0.717) is 38.9 Å². The van der Waals surface area contributed by atoms with Crippen molar-refractivity contribution in [3.63, 3.8) is 0 Å². The van der Waals surface area contributed by atoms with E-state index in [4.69, 9.17) is 14.2 Å². The van der Waals surface area contributed by atoms with E-state index < -0.39 is 5.60 Å². The Morgan fingerprint density at radius 2 is 2.10 bits per heavy atom. The van der Waals surface area contributed by atoms with Crippen molar-refractivity contribution < 1.29 is 19.3 Å². The van der Waals surface area contributed by atoms with Crippen LogP contribution < -0.4 is 10.4 Å². The third kappa shape index (κ3) is 4.54. The third-order valence-electron chi connectivity index (χ3n) is 6.75. The zero-order valence-corrected chi connectivity index (χ0v) is 17.8. The van der Waals surface area contributed by atoms with Gasteiger partial charge in [-0.3, -0.25) is 4.57 Å². The van der Waals surface area contributed by atoms with E-state index in [2.05, 4.69) is 23.2 Å². The molecule has 166 valence electrons. The van der Waals surface area contributed by atoms with Crippen LogP contribution in [0.25, 0.3) is 11.3 Å². The van der Waals surface area contributed by atoms with Crippen LogP contribution in [-0.4, -0.2) is 52.8 Å². The van der Waals surface area contributed by atoms with Crippen molar-refractivity contribution >= 4 is 0 Å². The fourth-order valence-electron chi connectivity index (χ4n) is 4.96. The van der Waals surface area contributed by atoms with Crippen molar-refractivity contribution in [2.75, 3.05) is 26.4 Å². The highest BCUT2D eigenvalue weighted by atomic mass is 16.6. The molecule has 0 unspecified atom stereocenters. The molecule has 7 nitrogen and oxygen atoms in total. The Morgan fingerprint density at radius 1 is 1.23 bits per heavy atom. The molecular weight excluding hydrogens is 396 g/mol. The monoisotopic (exact) mass is 426 g/mol. The van der Waals surface area contributed by atoms with Gasteiger partial charge in [-0.15, -0.1) is 0 Å². The van der Waals surface area contributed by atoms with Gasteiger partial charge in [0.15, 0.2) is 0 Å². The number of ether oxygens (including phenoxy) is 3. The van der Waals surface area contributed by atoms with Crippen molar-refractivity contribution in [2.24, 2.45) is 0 Å². The second-order valence-corrected chi connectivity index (χ2v) is 8.97. The molecule has 2 aromatic rings. The Bertz CT molecular complexity index is 990. The van der Waals surface area contributed by atoms with E-state index in [1.54, 1.807) is 4.57 Å². The molecule has 0 bridgehead atoms. The molecule has 0 spiro atoms. The summed E-state index contributed by atoms with van der Waals surface area (Å²) in [7, 11) is 0. The Hall–Kier alpha value is -2.22. The Morgan fingerprint density at radius 3 is 2.90 bits per heavy atom. The number of rotatable bonds is 6. The third-order valence-corrected chi connectivity index (χ3v) is 6.75. The smallest absolute Gasteiger partial charge is 0.351 e. The number of aromatic nitrogens is 2. The van der Waals surface area contributed by atoms with E-state index in [1.807, 2.05) is 6.07 Å². The molecule has 0 radical (unpaired) electrons. The topological polar surface area (TPSA) is 82.8 Å². The number of hydrogen-bond acceptors (Lipinski definition) is 6. The molecule has 3 heterocycles. The minimum Gasteiger partial charge on any atom is -0.475 e. The van der Waals surface area contributed by atoms with Crippen LogP contribution in [0.2, 0.25) is 0 Å². The van der Waals surface area contributed by atoms with Gasteiger partial charge < -0.3 is 19.3 Å². The van der Waals surface area contributed by atoms with Crippen molar-refractivity contribution in [3.8, 4) is 17.1 Å². The molecular formula is C24H30N2O5. The number of hydrogen-bond donors (Lipinski definition) is 1. The number of aliphatic hydroxyl groups is 1. The van der Waals surface area contributed by atoms with Crippen LogP contribution in [0, 0.1) is 0 Å². The molecule has 2 fully saturated rings. The molecule has 1 aromatic carbocycles. The predicted octanol–water partition coefficient (Wildman–Crippen LogP) is 2.50. The summed E-state index contributed by atoms with van der Waals surface area (Å²) in [5.41, 5.74) is 3.60. The van der Waals surface area contributed by atoms with Crippen molar-refractivity contribution in [1.82, 2.24) is 9.55 Å². The lowest BCUT2D eigenvalue weighted by Gasteiger charge is -2.25. The van der Waals surface area contributed by atoms with Crippen molar-refractivity contribution in [3.05, 3.63) is 45.9 Å². The minimum atomic E-state index is -0.485. The summed E-state index contributed by atoms with van der Waals surface area (Å²) < 4.78 is 18.5. The molecule has 1 aliphatic carbocycles. The van der Waals surface area contributed by atoms with E-state index >= 15 is 0 Å². The molecule has 2 aliphatic heterocycles. The molecule has 5 rings (SSSR count). The molecule has 31 heavy (non-hydrogen) atoms. The highest BCUT2D eigenvalue weighted by Gasteiger charge is 2.30. The lowest BCUT2D eigenvalue weighted by molar-refractivity contribution is -0.102. The van der Waals surface area contributed by atoms with Gasteiger partial charge in [-0.05, 0) is 43.2 Å². The summed E-state index contributed by atoms with van der Waals surface area (Å²) in [6.45, 7) is 2.57. The number of fused-ring (bicyclic) bond motifs is 3. The highest BCUT2D eigenvalue weighted by molar-refractivity contribution is 5.67. The van der Waals surface area contributed by atoms with Crippen LogP contribution in [0.4, 0.5) is 0 Å². The molecule has 1 aromatic heterocycles. The summed E-state index contributed by atoms with van der Waals surface area (Å²) in [4.78, 5) is 16.7. The first-order valence-corrected chi connectivity index (χ1v) is 11.4. The van der Waals surface area contributed by atoms with E-state index in [-0.39, 0.29) is 11.8 Å². The molecule has 0 amide bonds.